The lowest BCUT2D eigenvalue weighted by Crippen LogP contribution is -2.28. The highest BCUT2D eigenvalue weighted by Crippen LogP contribution is 2.44. The summed E-state index contributed by atoms with van der Waals surface area (Å²) >= 11 is 1.37. The third kappa shape index (κ3) is 3.18. The Balaban J connectivity index is 2.04. The van der Waals surface area contributed by atoms with Crippen LogP contribution in [0.3, 0.4) is 0 Å². The Morgan fingerprint density at radius 1 is 1.47 bits per heavy atom. The van der Waals surface area contributed by atoms with Gasteiger partial charge in [0.25, 0.3) is 5.91 Å². The van der Waals surface area contributed by atoms with Crippen LogP contribution in [0.15, 0.2) is 0 Å². The summed E-state index contributed by atoms with van der Waals surface area (Å²) in [5, 5.41) is 3.79. The molecule has 0 atom stereocenters. The molecule has 0 unspecified atom stereocenters. The van der Waals surface area contributed by atoms with Crippen LogP contribution in [0.1, 0.15) is 43.3 Å². The molecule has 3 N–H and O–H groups in total. The molecule has 0 saturated heterocycles. The second kappa shape index (κ2) is 5.36. The molecule has 1 saturated carbocycles. The number of hydrogen-bond acceptors (Lipinski definition) is 5. The van der Waals surface area contributed by atoms with E-state index < -0.39 is 0 Å². The van der Waals surface area contributed by atoms with E-state index in [1.54, 1.807) is 0 Å². The summed E-state index contributed by atoms with van der Waals surface area (Å²) in [7, 11) is 0. The fourth-order valence-electron chi connectivity index (χ4n) is 1.88. The Kier molecular flexibility index (Phi) is 3.99. The molecule has 0 spiro atoms. The number of nitrogens with zero attached hydrogens (tertiary/aromatic N) is 2. The lowest BCUT2D eigenvalue weighted by molar-refractivity contribution is 0.0951. The molecule has 5 nitrogen and oxygen atoms in total. The third-order valence-corrected chi connectivity index (χ3v) is 4.79. The van der Waals surface area contributed by atoms with Crippen molar-refractivity contribution in [1.29, 1.82) is 0 Å². The molecule has 1 aliphatic carbocycles. The summed E-state index contributed by atoms with van der Waals surface area (Å²) in [6, 6.07) is 0. The maximum Gasteiger partial charge on any atom is 0.265 e. The minimum Gasteiger partial charge on any atom is -0.382 e. The molecule has 106 valence electrons. The highest BCUT2D eigenvalue weighted by atomic mass is 32.1. The van der Waals surface area contributed by atoms with Crippen molar-refractivity contribution in [2.24, 2.45) is 5.41 Å². The standard InChI is InChI=1S/C13H22N4OS/c1-4-17(5-2)12-16-10(14)9(19-12)11(18)15-8-13(3)6-7-13/h4-8,14H2,1-3H3,(H,15,18). The van der Waals surface area contributed by atoms with Crippen molar-refractivity contribution in [3.63, 3.8) is 0 Å². The second-order valence-corrected chi connectivity index (χ2v) is 6.35. The molecule has 1 aromatic rings. The molecule has 1 aromatic heterocycles. The first-order valence-electron chi connectivity index (χ1n) is 6.78. The number of nitrogens with two attached hydrogens (primary N) is 1. The van der Waals surface area contributed by atoms with E-state index in [2.05, 4.69) is 36.0 Å². The van der Waals surface area contributed by atoms with Gasteiger partial charge in [-0.1, -0.05) is 18.3 Å². The van der Waals surface area contributed by atoms with E-state index in [0.29, 0.717) is 16.1 Å². The van der Waals surface area contributed by atoms with Gasteiger partial charge in [-0.05, 0) is 32.1 Å². The predicted molar refractivity (Wildman–Crippen MR) is 79.8 cm³/mol. The van der Waals surface area contributed by atoms with Gasteiger partial charge in [-0.2, -0.15) is 0 Å². The predicted octanol–water partition coefficient (Wildman–Crippen LogP) is 2.10. The van der Waals surface area contributed by atoms with Crippen LogP contribution in [0.2, 0.25) is 0 Å². The van der Waals surface area contributed by atoms with Crippen molar-refractivity contribution in [3.8, 4) is 0 Å². The van der Waals surface area contributed by atoms with Gasteiger partial charge in [-0.25, -0.2) is 4.98 Å². The van der Waals surface area contributed by atoms with E-state index in [1.807, 2.05) is 0 Å². The number of aromatic nitrogens is 1. The van der Waals surface area contributed by atoms with E-state index in [1.165, 1.54) is 24.2 Å². The van der Waals surface area contributed by atoms with Crippen molar-refractivity contribution < 1.29 is 4.79 Å². The molecule has 0 radical (unpaired) electrons. The maximum absolute atomic E-state index is 12.1. The van der Waals surface area contributed by atoms with Gasteiger partial charge in [0.1, 0.15) is 10.7 Å². The van der Waals surface area contributed by atoms with Crippen LogP contribution in [0.5, 0.6) is 0 Å². The lowest BCUT2D eigenvalue weighted by atomic mass is 10.1. The van der Waals surface area contributed by atoms with Crippen molar-refractivity contribution in [1.82, 2.24) is 10.3 Å². The quantitative estimate of drug-likeness (QED) is 0.838. The van der Waals surface area contributed by atoms with E-state index >= 15 is 0 Å². The fourth-order valence-corrected chi connectivity index (χ4v) is 2.91. The van der Waals surface area contributed by atoms with Crippen LogP contribution in [0.4, 0.5) is 10.9 Å². The zero-order chi connectivity index (χ0) is 14.0. The molecule has 1 fully saturated rings. The highest BCUT2D eigenvalue weighted by molar-refractivity contribution is 7.18. The molecule has 0 aromatic carbocycles. The van der Waals surface area contributed by atoms with E-state index in [9.17, 15) is 4.79 Å². The molecule has 2 rings (SSSR count). The number of rotatable bonds is 6. The third-order valence-electron chi connectivity index (χ3n) is 3.66. The molecule has 1 aliphatic rings. The summed E-state index contributed by atoms with van der Waals surface area (Å²) in [6.07, 6.45) is 2.38. The van der Waals surface area contributed by atoms with Crippen LogP contribution < -0.4 is 16.0 Å². The largest absolute Gasteiger partial charge is 0.382 e. The van der Waals surface area contributed by atoms with Gasteiger partial charge in [-0.3, -0.25) is 4.79 Å². The first-order chi connectivity index (χ1) is 8.99. The van der Waals surface area contributed by atoms with Gasteiger partial charge in [0, 0.05) is 19.6 Å². The van der Waals surface area contributed by atoms with Crippen molar-refractivity contribution in [2.45, 2.75) is 33.6 Å². The van der Waals surface area contributed by atoms with Gasteiger partial charge in [0.05, 0.1) is 0 Å². The number of nitrogen functional groups attached to an aromatic ring is 1. The zero-order valence-corrected chi connectivity index (χ0v) is 12.6. The summed E-state index contributed by atoms with van der Waals surface area (Å²) in [5.74, 6) is 0.242. The second-order valence-electron chi connectivity index (χ2n) is 5.38. The molecular weight excluding hydrogens is 260 g/mol. The normalized spacial score (nSPS) is 16.2. The van der Waals surface area contributed by atoms with Crippen LogP contribution in [-0.2, 0) is 0 Å². The van der Waals surface area contributed by atoms with Gasteiger partial charge in [0.15, 0.2) is 5.13 Å². The Morgan fingerprint density at radius 2 is 2.11 bits per heavy atom. The number of carbonyl (C=O) groups excluding carboxylic acids is 1. The van der Waals surface area contributed by atoms with Crippen molar-refractivity contribution in [3.05, 3.63) is 4.88 Å². The molecular formula is C13H22N4OS. The maximum atomic E-state index is 12.1. The van der Waals surface area contributed by atoms with Crippen LogP contribution in [0, 0.1) is 5.41 Å². The average molecular weight is 282 g/mol. The summed E-state index contributed by atoms with van der Waals surface area (Å²) in [5.41, 5.74) is 6.16. The Bertz CT molecular complexity index is 463. The SMILES string of the molecule is CCN(CC)c1nc(N)c(C(=O)NCC2(C)CC2)s1. The molecule has 19 heavy (non-hydrogen) atoms. The first-order valence-corrected chi connectivity index (χ1v) is 7.60. The number of hydrogen-bond donors (Lipinski definition) is 2. The van der Waals surface area contributed by atoms with Gasteiger partial charge in [0.2, 0.25) is 0 Å². The van der Waals surface area contributed by atoms with E-state index in [4.69, 9.17) is 5.73 Å². The highest BCUT2D eigenvalue weighted by Gasteiger charge is 2.37. The van der Waals surface area contributed by atoms with Crippen LogP contribution in [-0.4, -0.2) is 30.5 Å². The zero-order valence-electron chi connectivity index (χ0n) is 11.8. The minimum absolute atomic E-state index is 0.0958. The summed E-state index contributed by atoms with van der Waals surface area (Å²) in [6.45, 7) is 8.77. The van der Waals surface area contributed by atoms with Crippen molar-refractivity contribution >= 4 is 28.2 Å². The van der Waals surface area contributed by atoms with Gasteiger partial charge in [-0.15, -0.1) is 0 Å². The topological polar surface area (TPSA) is 71.2 Å². The fraction of sp³-hybridized carbons (Fsp3) is 0.692. The Hall–Kier alpha value is -1.30. The Labute approximate surface area is 118 Å². The smallest absolute Gasteiger partial charge is 0.265 e. The van der Waals surface area contributed by atoms with E-state index in [0.717, 1.165) is 24.8 Å². The first kappa shape index (κ1) is 14.1. The molecule has 1 heterocycles. The molecule has 0 bridgehead atoms. The summed E-state index contributed by atoms with van der Waals surface area (Å²) in [4.78, 5) is 19.0. The van der Waals surface area contributed by atoms with Gasteiger partial charge >= 0.3 is 0 Å². The molecule has 6 heteroatoms. The monoisotopic (exact) mass is 282 g/mol. The number of carbonyl (C=O) groups is 1. The number of amides is 1. The Morgan fingerprint density at radius 3 is 2.63 bits per heavy atom. The number of thiazole rings is 1. The van der Waals surface area contributed by atoms with Crippen LogP contribution in [0.25, 0.3) is 0 Å². The number of anilines is 2. The summed E-state index contributed by atoms with van der Waals surface area (Å²) < 4.78 is 0. The average Bonchev–Trinajstić information content (AvgIpc) is 3.00. The number of nitrogens with one attached hydrogen (secondary N) is 1. The lowest BCUT2D eigenvalue weighted by Gasteiger charge is -2.16. The van der Waals surface area contributed by atoms with E-state index in [-0.39, 0.29) is 5.91 Å². The molecule has 1 amide bonds. The molecule has 0 aliphatic heterocycles. The van der Waals surface area contributed by atoms with Crippen molar-refractivity contribution in [2.75, 3.05) is 30.3 Å². The van der Waals surface area contributed by atoms with Gasteiger partial charge < -0.3 is 16.0 Å². The minimum atomic E-state index is -0.0958. The van der Waals surface area contributed by atoms with Crippen LogP contribution >= 0.6 is 11.3 Å².